The smallest absolute Gasteiger partial charge is 0.870 e. The Hall–Kier alpha value is -7.47. The van der Waals surface area contributed by atoms with Gasteiger partial charge in [0.15, 0.2) is 23.4 Å². The third-order valence-corrected chi connectivity index (χ3v) is 11.4. The predicted octanol–water partition coefficient (Wildman–Crippen LogP) is 0.976. The second-order valence-electron chi connectivity index (χ2n) is 20.8. The zero-order valence-electron chi connectivity index (χ0n) is 56.2. The number of aromatic carboxylic acids is 1. The van der Waals surface area contributed by atoms with Crippen LogP contribution >= 0.6 is 58.8 Å². The number of carbonyl (C=O) groups excluding carboxylic acids is 7. The van der Waals surface area contributed by atoms with Gasteiger partial charge in [-0.15, -0.1) is 35.6 Å². The summed E-state index contributed by atoms with van der Waals surface area (Å²) in [5.41, 5.74) is 18.1. The number of nitrogens with zero attached hydrogens (tertiary/aromatic N) is 14. The van der Waals surface area contributed by atoms with Crippen LogP contribution in [0, 0.1) is 0 Å². The molecule has 0 aliphatic carbocycles. The van der Waals surface area contributed by atoms with Gasteiger partial charge in [0.1, 0.15) is 82.2 Å². The molecule has 0 radical (unpaired) electrons. The number of nitrogens with one attached hydrogen (secondary N) is 3. The Bertz CT molecular complexity index is 3210. The number of nitrogens with two attached hydrogens (primary N) is 3. The number of carbonyl (C=O) groups is 8. The van der Waals surface area contributed by atoms with Crippen molar-refractivity contribution in [3.05, 3.63) is 86.8 Å². The van der Waals surface area contributed by atoms with Crippen LogP contribution in [0.3, 0.4) is 0 Å². The van der Waals surface area contributed by atoms with Gasteiger partial charge in [-0.2, -0.15) is 0 Å². The van der Waals surface area contributed by atoms with Gasteiger partial charge in [0, 0.05) is 55.5 Å². The van der Waals surface area contributed by atoms with Gasteiger partial charge >= 0.3 is 48.7 Å². The minimum absolute atomic E-state index is 0. The zero-order valence-corrected chi connectivity index (χ0v) is 60.0. The average Bonchev–Trinajstić information content (AvgIpc) is 1.83. The van der Waals surface area contributed by atoms with Crippen LogP contribution in [0.5, 0.6) is 0 Å². The standard InChI is InChI=1S/C14H22N4O4.C12H19ClN4O2.C10H12N4O3.C9H10N4O3.C5H4ClN3O.C3H9N.CH2Cl2.CH4O.CH4.ClH.Li.H2O/c1-14(2,3)22-10(19)7-18(4)6-9-11(13(20)21-5)16-8-17-12(9)15;1-12(2,3)19-9(18)6-17(4)5-8-10(13)15-7-16-11(8)14;1-14-3-6-8(10(16)17-2)11-5-12-9(6)13-7(15)4-14;1-13-2-5-7(9(15)16)10-4-11-8(5)12-6(14)3-13;6-4-3(1-10)5(7)9-2-8-4;1-3-4-2;2-1-3;1-2;;;;/h8H,6-7H2,1-5H3,(H2,15,16,17);7H,5-6H2,1-4H3,(H2,14,15,16);5H,3-4H2,1-2H3,(H,11,12,13,15);4H,2-3H2,1H3,(H,15,16)(H,10,11,12,14);1-2H,(H2,7,8,9);4H,3H2,1-2H3;1H2;2H,1H3;1H4;1H;;1H2/q;;;;;;;;;;+1;/p-1. The molecule has 0 bridgehead atoms. The molecule has 2 aliphatic heterocycles. The van der Waals surface area contributed by atoms with E-state index in [9.17, 15) is 38.4 Å². The Kier molecular flexibility index (Phi) is 51.4. The summed E-state index contributed by atoms with van der Waals surface area (Å²) in [6, 6.07) is 0. The summed E-state index contributed by atoms with van der Waals surface area (Å²) in [5.74, 6) is -2.07. The molecule has 538 valence electrons. The van der Waals surface area contributed by atoms with Crippen molar-refractivity contribution in [1.82, 2.24) is 74.8 Å². The van der Waals surface area contributed by atoms with Crippen LogP contribution in [0.1, 0.15) is 120 Å². The van der Waals surface area contributed by atoms with Crippen molar-refractivity contribution in [1.29, 1.82) is 0 Å². The van der Waals surface area contributed by atoms with E-state index in [1.807, 2.05) is 27.8 Å². The molecule has 41 heteroatoms. The summed E-state index contributed by atoms with van der Waals surface area (Å²) >= 11 is 20.9. The summed E-state index contributed by atoms with van der Waals surface area (Å²) in [6.45, 7) is 16.0. The summed E-state index contributed by atoms with van der Waals surface area (Å²) in [7, 11) is 12.5. The summed E-state index contributed by atoms with van der Waals surface area (Å²) in [4.78, 5) is 136. The molecular formula is C56H88Cl5LiN20O15. The molecule has 2 aliphatic rings. The maximum absolute atomic E-state index is 11.8. The van der Waals surface area contributed by atoms with Gasteiger partial charge in [-0.3, -0.25) is 43.6 Å². The number of hydrogen-bond acceptors (Lipinski definition) is 32. The Labute approximate surface area is 601 Å². The fourth-order valence-corrected chi connectivity index (χ4v) is 7.41. The van der Waals surface area contributed by atoms with E-state index in [-0.39, 0.29) is 151 Å². The Morgan fingerprint density at radius 2 is 0.979 bits per heavy atom. The first-order valence-electron chi connectivity index (χ1n) is 27.2. The van der Waals surface area contributed by atoms with Crippen molar-refractivity contribution in [3.63, 3.8) is 0 Å². The molecule has 0 saturated heterocycles. The van der Waals surface area contributed by atoms with Gasteiger partial charge in [0.25, 0.3) is 0 Å². The van der Waals surface area contributed by atoms with Gasteiger partial charge in [-0.25, -0.2) is 64.2 Å². The molecule has 7 heterocycles. The Morgan fingerprint density at radius 1 is 0.639 bits per heavy atom. The number of carboxylic acid groups (broad SMARTS) is 1. The number of rotatable bonds is 13. The molecule has 7 rings (SSSR count). The average molecular weight is 1470 g/mol. The molecule has 0 atom stereocenters. The topological polar surface area (TPSA) is 500 Å². The Balaban J connectivity index is -0.000000353. The number of likely N-dealkylation sites (N-methyl/N-ethyl adjacent to an activating group) is 4. The quantitative estimate of drug-likeness (QED) is 0.0203. The molecule has 97 heavy (non-hydrogen) atoms. The normalized spacial score (nSPS) is 11.8. The second kappa shape index (κ2) is 50.8. The molecule has 5 aromatic heterocycles. The van der Waals surface area contributed by atoms with E-state index in [1.165, 1.54) is 39.5 Å². The predicted molar refractivity (Wildman–Crippen MR) is 363 cm³/mol. The van der Waals surface area contributed by atoms with Gasteiger partial charge in [0.05, 0.1) is 51.3 Å². The van der Waals surface area contributed by atoms with Crippen molar-refractivity contribution in [2.24, 2.45) is 0 Å². The number of fused-ring (bicyclic) bond motifs is 2. The SMILES string of the molecule is C.CCNC.CN(CC(=O)OC(C)(C)C)Cc1c(N)ncnc1Cl.CN1CC(=O)Nc2ncnc(C(=O)O)c2C1.CO.COC(=O)c1ncnc(N)c1CN(C)CC(=O)OC(C)(C)C.COC(=O)c1ncnc2c1CN(C)CC(=O)N2.Cl.ClCCl.Nc1ncnc(Cl)c1C=O.[Li+].[OH-]. The van der Waals surface area contributed by atoms with Gasteiger partial charge in [-0.1, -0.05) is 37.6 Å². The monoisotopic (exact) mass is 1460 g/mol. The largest absolute Gasteiger partial charge is 1.00 e. The number of hydrogen-bond donors (Lipinski definition) is 8. The maximum Gasteiger partial charge on any atom is 1.00 e. The summed E-state index contributed by atoms with van der Waals surface area (Å²) in [6.07, 6.45) is 6.58. The van der Waals surface area contributed by atoms with E-state index in [0.29, 0.717) is 65.0 Å². The number of aromatic nitrogens is 10. The van der Waals surface area contributed by atoms with E-state index in [2.05, 4.69) is 82.2 Å². The van der Waals surface area contributed by atoms with Crippen LogP contribution in [-0.4, -0.2) is 239 Å². The number of ether oxygens (including phenoxy) is 4. The molecule has 35 nitrogen and oxygen atoms in total. The fourth-order valence-electron chi connectivity index (χ4n) is 7.02. The molecule has 0 fully saturated rings. The number of nitrogen functional groups attached to an aromatic ring is 3. The van der Waals surface area contributed by atoms with Crippen molar-refractivity contribution in [2.75, 3.05) is 122 Å². The van der Waals surface area contributed by atoms with Crippen LogP contribution in [0.2, 0.25) is 10.3 Å². The third kappa shape index (κ3) is 38.3. The number of esters is 4. The van der Waals surface area contributed by atoms with Crippen LogP contribution in [0.15, 0.2) is 31.6 Å². The zero-order chi connectivity index (χ0) is 71.3. The molecule has 12 N–H and O–H groups in total. The summed E-state index contributed by atoms with van der Waals surface area (Å²) in [5, 5.41) is 24.7. The minimum Gasteiger partial charge on any atom is -0.870 e. The van der Waals surface area contributed by atoms with Crippen molar-refractivity contribution >= 4 is 136 Å². The second-order valence-corrected chi connectivity index (χ2v) is 22.4. The number of amides is 2. The molecule has 0 saturated carbocycles. The van der Waals surface area contributed by atoms with E-state index in [1.54, 1.807) is 68.6 Å². The van der Waals surface area contributed by atoms with E-state index >= 15 is 0 Å². The molecule has 0 unspecified atom stereocenters. The van der Waals surface area contributed by atoms with Gasteiger partial charge in [0.2, 0.25) is 11.8 Å². The Morgan fingerprint density at radius 3 is 1.34 bits per heavy atom. The number of methoxy groups -OCH3 is 2. The van der Waals surface area contributed by atoms with E-state index < -0.39 is 29.1 Å². The van der Waals surface area contributed by atoms with E-state index in [4.69, 9.17) is 83.3 Å². The van der Waals surface area contributed by atoms with Crippen molar-refractivity contribution < 1.29 is 91.9 Å². The summed E-state index contributed by atoms with van der Waals surface area (Å²) < 4.78 is 19.8. The first-order chi connectivity index (χ1) is 43.6. The first kappa shape index (κ1) is 98.2. The number of aliphatic hydroxyl groups excluding tert-OH is 1. The van der Waals surface area contributed by atoms with E-state index in [0.717, 1.165) is 20.0 Å². The fraction of sp³-hybridized carbons (Fsp3) is 0.500. The van der Waals surface area contributed by atoms with Crippen molar-refractivity contribution in [2.45, 2.75) is 93.3 Å². The third-order valence-electron chi connectivity index (χ3n) is 10.8. The number of aldehydes is 1. The van der Waals surface area contributed by atoms with Crippen LogP contribution < -0.4 is 52.0 Å². The molecule has 2 amide bonds. The van der Waals surface area contributed by atoms with Crippen LogP contribution in [0.4, 0.5) is 29.1 Å². The molecular weight excluding hydrogens is 1380 g/mol. The van der Waals surface area contributed by atoms with Crippen molar-refractivity contribution in [3.8, 4) is 0 Å². The van der Waals surface area contributed by atoms with Gasteiger partial charge < -0.3 is 67.8 Å². The molecule has 0 spiro atoms. The number of anilines is 5. The maximum atomic E-state index is 11.8. The number of halogens is 5. The number of carboxylic acids is 1. The van der Waals surface area contributed by atoms with Crippen LogP contribution in [-0.2, 0) is 64.3 Å². The number of aliphatic hydroxyl groups is 1. The first-order valence-corrected chi connectivity index (χ1v) is 29.0. The molecule has 5 aromatic rings. The van der Waals surface area contributed by atoms with Gasteiger partial charge in [-0.05, 0) is 83.3 Å². The number of alkyl halides is 2. The molecule has 0 aromatic carbocycles. The minimum atomic E-state index is -1.12. The van der Waals surface area contributed by atoms with Crippen LogP contribution in [0.25, 0.3) is 0 Å².